The van der Waals surface area contributed by atoms with Crippen molar-refractivity contribution in [2.24, 2.45) is 0 Å². The van der Waals surface area contributed by atoms with Gasteiger partial charge in [0.25, 0.3) is 0 Å². The van der Waals surface area contributed by atoms with Crippen LogP contribution >= 0.6 is 0 Å². The van der Waals surface area contributed by atoms with Gasteiger partial charge in [-0.1, -0.05) is 6.92 Å². The third-order valence-corrected chi connectivity index (χ3v) is 4.45. The fourth-order valence-electron chi connectivity index (χ4n) is 3.03. The predicted molar refractivity (Wildman–Crippen MR) is 67.4 cm³/mol. The van der Waals surface area contributed by atoms with Gasteiger partial charge in [-0.15, -0.1) is 0 Å². The molecule has 2 amide bonds. The number of carbonyl (C=O) groups is 2. The molecule has 1 aliphatic carbocycles. The van der Waals surface area contributed by atoms with E-state index in [2.05, 4.69) is 12.2 Å². The van der Waals surface area contributed by atoms with Gasteiger partial charge in [0.05, 0.1) is 0 Å². The van der Waals surface area contributed by atoms with Crippen LogP contribution in [0.5, 0.6) is 0 Å². The largest absolute Gasteiger partial charge is 0.480 e. The Morgan fingerprint density at radius 3 is 2.50 bits per heavy atom. The molecule has 102 valence electrons. The maximum absolute atomic E-state index is 12.3. The summed E-state index contributed by atoms with van der Waals surface area (Å²) in [6, 6.07) is 0.265. The molecule has 0 radical (unpaired) electrons. The Morgan fingerprint density at radius 2 is 2.06 bits per heavy atom. The normalized spacial score (nSPS) is 29.8. The summed E-state index contributed by atoms with van der Waals surface area (Å²) in [4.78, 5) is 25.4. The monoisotopic (exact) mass is 254 g/mol. The lowest BCUT2D eigenvalue weighted by Crippen LogP contribution is -2.62. The van der Waals surface area contributed by atoms with Crippen LogP contribution in [0.15, 0.2) is 0 Å². The number of carboxylic acid groups (broad SMARTS) is 1. The van der Waals surface area contributed by atoms with Gasteiger partial charge in [0.2, 0.25) is 0 Å². The van der Waals surface area contributed by atoms with Crippen LogP contribution < -0.4 is 5.32 Å². The van der Waals surface area contributed by atoms with Gasteiger partial charge in [-0.2, -0.15) is 0 Å². The summed E-state index contributed by atoms with van der Waals surface area (Å²) in [5.74, 6) is -0.901. The lowest BCUT2D eigenvalue weighted by molar-refractivity contribution is -0.148. The summed E-state index contributed by atoms with van der Waals surface area (Å²) in [7, 11) is 0. The Bertz CT molecular complexity index is 352. The Labute approximate surface area is 108 Å². The second-order valence-electron chi connectivity index (χ2n) is 5.57. The van der Waals surface area contributed by atoms with Crippen molar-refractivity contribution in [3.63, 3.8) is 0 Å². The summed E-state index contributed by atoms with van der Waals surface area (Å²) >= 11 is 0. The van der Waals surface area contributed by atoms with Gasteiger partial charge < -0.3 is 15.3 Å². The number of aliphatic carboxylic acids is 1. The van der Waals surface area contributed by atoms with Gasteiger partial charge in [-0.3, -0.25) is 0 Å². The SMILES string of the molecule is CCC1CCC(C)N1C(=O)NC1(C(=O)O)CCC1. The predicted octanol–water partition coefficient (Wildman–Crippen LogP) is 1.97. The van der Waals surface area contributed by atoms with Crippen LogP contribution in [0.3, 0.4) is 0 Å². The number of nitrogens with one attached hydrogen (secondary N) is 1. The number of nitrogens with zero attached hydrogens (tertiary/aromatic N) is 1. The molecule has 1 saturated heterocycles. The number of hydrogen-bond donors (Lipinski definition) is 2. The number of amides is 2. The molecule has 0 bridgehead atoms. The van der Waals surface area contributed by atoms with E-state index in [9.17, 15) is 14.7 Å². The first kappa shape index (κ1) is 13.2. The van der Waals surface area contributed by atoms with Crippen molar-refractivity contribution in [1.29, 1.82) is 0 Å². The van der Waals surface area contributed by atoms with Crippen molar-refractivity contribution in [2.45, 2.75) is 70.0 Å². The van der Waals surface area contributed by atoms with Crippen molar-refractivity contribution in [2.75, 3.05) is 0 Å². The molecule has 5 heteroatoms. The van der Waals surface area contributed by atoms with Gasteiger partial charge in [-0.05, 0) is 45.4 Å². The first-order valence-corrected chi connectivity index (χ1v) is 6.84. The lowest BCUT2D eigenvalue weighted by Gasteiger charge is -2.40. The van der Waals surface area contributed by atoms with Crippen molar-refractivity contribution in [1.82, 2.24) is 10.2 Å². The van der Waals surface area contributed by atoms with Gasteiger partial charge in [0.1, 0.15) is 5.54 Å². The number of rotatable bonds is 3. The summed E-state index contributed by atoms with van der Waals surface area (Å²) in [5.41, 5.74) is -1.00. The molecule has 1 aliphatic heterocycles. The molecule has 0 spiro atoms. The number of urea groups is 1. The maximum Gasteiger partial charge on any atom is 0.329 e. The highest BCUT2D eigenvalue weighted by atomic mass is 16.4. The van der Waals surface area contributed by atoms with E-state index in [1.54, 1.807) is 0 Å². The van der Waals surface area contributed by atoms with E-state index in [4.69, 9.17) is 0 Å². The molecule has 18 heavy (non-hydrogen) atoms. The second kappa shape index (κ2) is 4.78. The van der Waals surface area contributed by atoms with Gasteiger partial charge in [0, 0.05) is 12.1 Å². The average molecular weight is 254 g/mol. The van der Waals surface area contributed by atoms with Crippen molar-refractivity contribution in [3.8, 4) is 0 Å². The first-order chi connectivity index (χ1) is 8.50. The molecular formula is C13H22N2O3. The molecule has 1 heterocycles. The molecule has 2 rings (SSSR count). The molecule has 0 aromatic rings. The number of carboxylic acids is 1. The maximum atomic E-state index is 12.3. The minimum atomic E-state index is -1.00. The van der Waals surface area contributed by atoms with Gasteiger partial charge in [-0.25, -0.2) is 9.59 Å². The third-order valence-electron chi connectivity index (χ3n) is 4.45. The summed E-state index contributed by atoms with van der Waals surface area (Å²) in [6.07, 6.45) is 4.93. The molecule has 2 aliphatic rings. The van der Waals surface area contributed by atoms with Gasteiger partial charge >= 0.3 is 12.0 Å². The summed E-state index contributed by atoms with van der Waals surface area (Å²) < 4.78 is 0. The topological polar surface area (TPSA) is 69.6 Å². The quantitative estimate of drug-likeness (QED) is 0.809. The molecule has 2 unspecified atom stereocenters. The van der Waals surface area contributed by atoms with E-state index in [1.807, 2.05) is 11.8 Å². The van der Waals surface area contributed by atoms with E-state index in [0.29, 0.717) is 12.8 Å². The smallest absolute Gasteiger partial charge is 0.329 e. The highest BCUT2D eigenvalue weighted by molar-refractivity contribution is 5.87. The second-order valence-corrected chi connectivity index (χ2v) is 5.57. The van der Waals surface area contributed by atoms with Crippen LogP contribution in [0.25, 0.3) is 0 Å². The molecule has 2 atom stereocenters. The lowest BCUT2D eigenvalue weighted by atomic mass is 9.77. The van der Waals surface area contributed by atoms with Crippen molar-refractivity contribution in [3.05, 3.63) is 0 Å². The molecular weight excluding hydrogens is 232 g/mol. The zero-order valence-corrected chi connectivity index (χ0v) is 11.1. The van der Waals surface area contributed by atoms with E-state index < -0.39 is 11.5 Å². The van der Waals surface area contributed by atoms with E-state index >= 15 is 0 Å². The van der Waals surface area contributed by atoms with E-state index in [-0.39, 0.29) is 18.1 Å². The van der Waals surface area contributed by atoms with E-state index in [1.165, 1.54) is 0 Å². The highest BCUT2D eigenvalue weighted by Gasteiger charge is 2.47. The Kier molecular flexibility index (Phi) is 3.50. The Balaban J connectivity index is 2.05. The minimum Gasteiger partial charge on any atom is -0.480 e. The molecule has 2 fully saturated rings. The molecule has 0 aromatic carbocycles. The standard InChI is InChI=1S/C13H22N2O3/c1-3-10-6-5-9(2)15(10)12(18)14-13(11(16)17)7-4-8-13/h9-10H,3-8H2,1-2H3,(H,14,18)(H,16,17). The van der Waals surface area contributed by atoms with E-state index in [0.717, 1.165) is 25.7 Å². The molecule has 0 aromatic heterocycles. The Morgan fingerprint density at radius 1 is 1.39 bits per heavy atom. The third kappa shape index (κ3) is 2.06. The molecule has 5 nitrogen and oxygen atoms in total. The molecule has 1 saturated carbocycles. The highest BCUT2D eigenvalue weighted by Crippen LogP contribution is 2.33. The summed E-state index contributed by atoms with van der Waals surface area (Å²) in [6.45, 7) is 4.10. The average Bonchev–Trinajstić information content (AvgIpc) is 2.64. The first-order valence-electron chi connectivity index (χ1n) is 6.84. The Hall–Kier alpha value is -1.26. The van der Waals surface area contributed by atoms with Crippen LogP contribution in [-0.2, 0) is 4.79 Å². The van der Waals surface area contributed by atoms with Crippen LogP contribution in [-0.4, -0.2) is 39.6 Å². The zero-order chi connectivity index (χ0) is 13.3. The molecule has 2 N–H and O–H groups in total. The fourth-order valence-corrected chi connectivity index (χ4v) is 3.03. The minimum absolute atomic E-state index is 0.200. The van der Waals surface area contributed by atoms with Crippen molar-refractivity contribution >= 4 is 12.0 Å². The number of carbonyl (C=O) groups excluding carboxylic acids is 1. The fraction of sp³-hybridized carbons (Fsp3) is 0.846. The van der Waals surface area contributed by atoms with Crippen LogP contribution in [0.4, 0.5) is 4.79 Å². The van der Waals surface area contributed by atoms with Gasteiger partial charge in [0.15, 0.2) is 0 Å². The van der Waals surface area contributed by atoms with Crippen LogP contribution in [0.2, 0.25) is 0 Å². The number of likely N-dealkylation sites (tertiary alicyclic amines) is 1. The van der Waals surface area contributed by atoms with Crippen LogP contribution in [0, 0.1) is 0 Å². The number of hydrogen-bond acceptors (Lipinski definition) is 2. The van der Waals surface area contributed by atoms with Crippen molar-refractivity contribution < 1.29 is 14.7 Å². The summed E-state index contributed by atoms with van der Waals surface area (Å²) in [5, 5.41) is 12.0. The van der Waals surface area contributed by atoms with Crippen LogP contribution in [0.1, 0.15) is 52.4 Å². The zero-order valence-electron chi connectivity index (χ0n) is 11.1.